The molecule has 84 valence electrons. The van der Waals surface area contributed by atoms with Gasteiger partial charge in [-0.25, -0.2) is 4.79 Å². The van der Waals surface area contributed by atoms with Crippen molar-refractivity contribution < 1.29 is 14.3 Å². The van der Waals surface area contributed by atoms with Crippen molar-refractivity contribution in [2.45, 2.75) is 13.3 Å². The monoisotopic (exact) mass is 237 g/mol. The maximum Gasteiger partial charge on any atom is 0.330 e. The Balaban J connectivity index is 2.04. The third kappa shape index (κ3) is 2.30. The van der Waals surface area contributed by atoms with Crippen LogP contribution in [0.1, 0.15) is 17.4 Å². The van der Waals surface area contributed by atoms with E-state index >= 15 is 0 Å². The van der Waals surface area contributed by atoms with Crippen molar-refractivity contribution in [2.24, 2.45) is 0 Å². The molecular weight excluding hydrogens is 226 g/mol. The van der Waals surface area contributed by atoms with Crippen molar-refractivity contribution in [1.82, 2.24) is 0 Å². The second-order valence-electron chi connectivity index (χ2n) is 3.31. The first-order valence-corrected chi connectivity index (χ1v) is 5.78. The highest BCUT2D eigenvalue weighted by Crippen LogP contribution is 2.33. The summed E-state index contributed by atoms with van der Waals surface area (Å²) in [6, 6.07) is 1.91. The number of anilines is 1. The van der Waals surface area contributed by atoms with Gasteiger partial charge in [0.2, 0.25) is 5.91 Å². The van der Waals surface area contributed by atoms with Crippen LogP contribution >= 0.6 is 11.3 Å². The summed E-state index contributed by atoms with van der Waals surface area (Å²) in [5.74, 6) is -0.317. The molecule has 1 aromatic rings. The average molecular weight is 237 g/mol. The minimum Gasteiger partial charge on any atom is -0.463 e. The van der Waals surface area contributed by atoms with Gasteiger partial charge in [0.05, 0.1) is 18.0 Å². The van der Waals surface area contributed by atoms with Gasteiger partial charge in [-0.15, -0.1) is 11.3 Å². The molecule has 0 radical (unpaired) electrons. The first-order valence-electron chi connectivity index (χ1n) is 4.96. The molecule has 1 amide bonds. The second-order valence-corrected chi connectivity index (χ2v) is 4.40. The lowest BCUT2D eigenvalue weighted by molar-refractivity contribution is -0.137. The van der Waals surface area contributed by atoms with Crippen molar-refractivity contribution in [3.63, 3.8) is 0 Å². The lowest BCUT2D eigenvalue weighted by Gasteiger charge is -1.93. The summed E-state index contributed by atoms with van der Waals surface area (Å²) >= 11 is 1.46. The Morgan fingerprint density at radius 2 is 2.50 bits per heavy atom. The molecule has 1 aliphatic heterocycles. The van der Waals surface area contributed by atoms with Crippen LogP contribution in [-0.4, -0.2) is 18.5 Å². The molecule has 0 aromatic carbocycles. The highest BCUT2D eigenvalue weighted by molar-refractivity contribution is 7.17. The molecule has 0 saturated heterocycles. The van der Waals surface area contributed by atoms with Crippen molar-refractivity contribution in [3.8, 4) is 0 Å². The Hall–Kier alpha value is -1.62. The predicted molar refractivity (Wildman–Crippen MR) is 62.3 cm³/mol. The zero-order valence-electron chi connectivity index (χ0n) is 8.78. The molecule has 1 aromatic heterocycles. The molecule has 0 saturated carbocycles. The summed E-state index contributed by atoms with van der Waals surface area (Å²) in [7, 11) is 0. The first-order chi connectivity index (χ1) is 7.69. The zero-order valence-corrected chi connectivity index (χ0v) is 9.60. The minimum atomic E-state index is -0.347. The third-order valence-electron chi connectivity index (χ3n) is 2.10. The van der Waals surface area contributed by atoms with E-state index in [0.29, 0.717) is 13.0 Å². The molecular formula is C11H11NO3S. The second kappa shape index (κ2) is 4.49. The van der Waals surface area contributed by atoms with Gasteiger partial charge >= 0.3 is 5.97 Å². The topological polar surface area (TPSA) is 55.4 Å². The number of hydrogen-bond acceptors (Lipinski definition) is 4. The molecule has 0 atom stereocenters. The summed E-state index contributed by atoms with van der Waals surface area (Å²) in [5, 5.41) is 3.64. The Morgan fingerprint density at radius 1 is 1.69 bits per heavy atom. The van der Waals surface area contributed by atoms with Gasteiger partial charge in [-0.3, -0.25) is 4.79 Å². The van der Waals surface area contributed by atoms with Gasteiger partial charge in [0, 0.05) is 11.0 Å². The van der Waals surface area contributed by atoms with E-state index in [4.69, 9.17) is 4.74 Å². The molecule has 1 aliphatic rings. The molecule has 0 unspecified atom stereocenters. The smallest absolute Gasteiger partial charge is 0.330 e. The van der Waals surface area contributed by atoms with Crippen molar-refractivity contribution in [3.05, 3.63) is 22.6 Å². The summed E-state index contributed by atoms with van der Waals surface area (Å²) in [6.07, 6.45) is 3.53. The lowest BCUT2D eigenvalue weighted by Crippen LogP contribution is -2.03. The molecule has 0 fully saturated rings. The quantitative estimate of drug-likeness (QED) is 0.644. The van der Waals surface area contributed by atoms with Gasteiger partial charge in [0.1, 0.15) is 0 Å². The van der Waals surface area contributed by atoms with Crippen molar-refractivity contribution in [2.75, 3.05) is 11.9 Å². The number of nitrogens with one attached hydrogen (secondary N) is 1. The highest BCUT2D eigenvalue weighted by atomic mass is 32.1. The zero-order chi connectivity index (χ0) is 11.5. The summed E-state index contributed by atoms with van der Waals surface area (Å²) < 4.78 is 4.77. The van der Waals surface area contributed by atoms with Crippen LogP contribution in [0.25, 0.3) is 6.08 Å². The SMILES string of the molecule is CCOC(=O)C=Cc1cc2c(s1)NC(=O)C2. The highest BCUT2D eigenvalue weighted by Gasteiger charge is 2.19. The molecule has 5 heteroatoms. The largest absolute Gasteiger partial charge is 0.463 e. The van der Waals surface area contributed by atoms with E-state index in [0.717, 1.165) is 15.4 Å². The fraction of sp³-hybridized carbons (Fsp3) is 0.273. The van der Waals surface area contributed by atoms with Crippen molar-refractivity contribution >= 4 is 34.3 Å². The van der Waals surface area contributed by atoms with Crippen molar-refractivity contribution in [1.29, 1.82) is 0 Å². The van der Waals surface area contributed by atoms with E-state index in [9.17, 15) is 9.59 Å². The average Bonchev–Trinajstić information content (AvgIpc) is 2.71. The fourth-order valence-corrected chi connectivity index (χ4v) is 2.45. The summed E-state index contributed by atoms with van der Waals surface area (Å²) in [4.78, 5) is 23.0. The molecule has 2 rings (SSSR count). The third-order valence-corrected chi connectivity index (χ3v) is 3.16. The standard InChI is InChI=1S/C11H11NO3S/c1-2-15-10(14)4-3-8-5-7-6-9(13)12-11(7)16-8/h3-5H,2,6H2,1H3,(H,12,13). The number of ether oxygens (including phenoxy) is 1. The number of esters is 1. The number of amides is 1. The van der Waals surface area contributed by atoms with Crippen LogP contribution in [0.5, 0.6) is 0 Å². The maximum atomic E-state index is 11.1. The molecule has 0 spiro atoms. The first kappa shape index (κ1) is 10.9. The van der Waals surface area contributed by atoms with Crippen LogP contribution in [0.4, 0.5) is 5.00 Å². The van der Waals surface area contributed by atoms with E-state index in [1.165, 1.54) is 17.4 Å². The van der Waals surface area contributed by atoms with Crippen LogP contribution in [-0.2, 0) is 20.7 Å². The Kier molecular flexibility index (Phi) is 3.05. The van der Waals surface area contributed by atoms with Gasteiger partial charge in [-0.05, 0) is 24.6 Å². The molecule has 0 aliphatic carbocycles. The van der Waals surface area contributed by atoms with Gasteiger partial charge in [0.25, 0.3) is 0 Å². The van der Waals surface area contributed by atoms with E-state index in [1.807, 2.05) is 6.07 Å². The van der Waals surface area contributed by atoms with Crippen LogP contribution in [0.15, 0.2) is 12.1 Å². The lowest BCUT2D eigenvalue weighted by atomic mass is 10.2. The fourth-order valence-electron chi connectivity index (χ4n) is 1.45. The van der Waals surface area contributed by atoms with Crippen LogP contribution in [0, 0.1) is 0 Å². The van der Waals surface area contributed by atoms with E-state index in [-0.39, 0.29) is 11.9 Å². The van der Waals surface area contributed by atoms with Crippen LogP contribution in [0.2, 0.25) is 0 Å². The maximum absolute atomic E-state index is 11.1. The predicted octanol–water partition coefficient (Wildman–Crippen LogP) is 1.82. The Bertz CT molecular complexity index is 436. The Labute approximate surface area is 96.9 Å². The summed E-state index contributed by atoms with van der Waals surface area (Å²) in [5.41, 5.74) is 0.999. The number of thiophene rings is 1. The number of fused-ring (bicyclic) bond motifs is 1. The number of carbonyl (C=O) groups excluding carboxylic acids is 2. The Morgan fingerprint density at radius 3 is 3.19 bits per heavy atom. The molecule has 4 nitrogen and oxygen atoms in total. The number of carbonyl (C=O) groups is 2. The number of rotatable bonds is 3. The minimum absolute atomic E-state index is 0.0298. The van der Waals surface area contributed by atoms with Gasteiger partial charge in [-0.2, -0.15) is 0 Å². The van der Waals surface area contributed by atoms with E-state index < -0.39 is 0 Å². The van der Waals surface area contributed by atoms with Crippen LogP contribution in [0.3, 0.4) is 0 Å². The summed E-state index contributed by atoms with van der Waals surface area (Å²) in [6.45, 7) is 2.14. The van der Waals surface area contributed by atoms with Gasteiger partial charge in [-0.1, -0.05) is 0 Å². The van der Waals surface area contributed by atoms with E-state index in [2.05, 4.69) is 5.32 Å². The molecule has 2 heterocycles. The normalized spacial score (nSPS) is 13.9. The number of hydrogen-bond donors (Lipinski definition) is 1. The molecule has 0 bridgehead atoms. The van der Waals surface area contributed by atoms with Crippen LogP contribution < -0.4 is 5.32 Å². The van der Waals surface area contributed by atoms with E-state index in [1.54, 1.807) is 13.0 Å². The van der Waals surface area contributed by atoms with Gasteiger partial charge in [0.15, 0.2) is 0 Å². The molecule has 16 heavy (non-hydrogen) atoms. The van der Waals surface area contributed by atoms with Gasteiger partial charge < -0.3 is 10.1 Å². The molecule has 1 N–H and O–H groups in total.